The SMILES string of the molecule is CC(=NCc1ccccc1)c1ccc(C(C)=Nc2c(C)cc(C)cc2C)o1.[Cl][Fe][Cl]. The molecule has 160 valence electrons. The normalized spacial score (nSPS) is 12.0. The first-order chi connectivity index (χ1) is 14.3. The van der Waals surface area contributed by atoms with Crippen LogP contribution in [0.5, 0.6) is 0 Å². The summed E-state index contributed by atoms with van der Waals surface area (Å²) in [6, 6.07) is 18.5. The van der Waals surface area contributed by atoms with Crippen LogP contribution in [0, 0.1) is 20.8 Å². The number of hydrogen-bond donors (Lipinski definition) is 0. The van der Waals surface area contributed by atoms with Crippen LogP contribution in [-0.4, -0.2) is 11.4 Å². The van der Waals surface area contributed by atoms with Gasteiger partial charge in [-0.3, -0.25) is 4.99 Å². The van der Waals surface area contributed by atoms with Crippen LogP contribution >= 0.6 is 20.2 Å². The molecule has 1 aromatic heterocycles. The van der Waals surface area contributed by atoms with Crippen molar-refractivity contribution in [1.82, 2.24) is 0 Å². The zero-order valence-electron chi connectivity index (χ0n) is 17.8. The van der Waals surface area contributed by atoms with Crippen molar-refractivity contribution in [3.05, 3.63) is 88.4 Å². The summed E-state index contributed by atoms with van der Waals surface area (Å²) < 4.78 is 6.01. The van der Waals surface area contributed by atoms with E-state index in [9.17, 15) is 0 Å². The average Bonchev–Trinajstić information content (AvgIpc) is 3.20. The van der Waals surface area contributed by atoms with Gasteiger partial charge in [0.1, 0.15) is 11.5 Å². The molecule has 0 atom stereocenters. The Kier molecular flexibility index (Phi) is 9.87. The molecule has 1 heterocycles. The molecule has 3 aromatic rings. The van der Waals surface area contributed by atoms with Gasteiger partial charge in [-0.2, -0.15) is 0 Å². The van der Waals surface area contributed by atoms with Crippen molar-refractivity contribution >= 4 is 37.3 Å². The van der Waals surface area contributed by atoms with Gasteiger partial charge in [0.05, 0.1) is 23.7 Å². The first-order valence-electron chi connectivity index (χ1n) is 9.49. The standard InChI is InChI=1S/C24H26N2O.2ClH.Fe/c1-16-13-17(2)24(18(3)14-16)26-20(5)23-12-11-22(27-23)19(4)25-15-21-9-7-6-8-10-21;;;/h6-14H,15H2,1-5H3;2*1H;/q;;;+2/p-2. The summed E-state index contributed by atoms with van der Waals surface area (Å²) in [6.07, 6.45) is 0. The van der Waals surface area contributed by atoms with E-state index in [2.05, 4.69) is 50.0 Å². The quantitative estimate of drug-likeness (QED) is 0.269. The minimum atomic E-state index is 0.194. The first-order valence-corrected chi connectivity index (χ1v) is 12.5. The van der Waals surface area contributed by atoms with Crippen LogP contribution in [0.25, 0.3) is 0 Å². The molecule has 6 heteroatoms. The summed E-state index contributed by atoms with van der Waals surface area (Å²) in [4.78, 5) is 9.46. The summed E-state index contributed by atoms with van der Waals surface area (Å²) in [7, 11) is 9.53. The maximum atomic E-state index is 6.01. The van der Waals surface area contributed by atoms with E-state index < -0.39 is 0 Å². The Bertz CT molecular complexity index is 1000. The second-order valence-corrected chi connectivity index (χ2v) is 8.87. The van der Waals surface area contributed by atoms with Crippen LogP contribution in [0.15, 0.2) is 69.0 Å². The summed E-state index contributed by atoms with van der Waals surface area (Å²) in [5.41, 5.74) is 7.58. The summed E-state index contributed by atoms with van der Waals surface area (Å²) in [6.45, 7) is 10.9. The molecule has 3 nitrogen and oxygen atoms in total. The average molecular weight is 485 g/mol. The molecule has 0 saturated carbocycles. The molecule has 0 bridgehead atoms. The molecule has 3 rings (SSSR count). The van der Waals surface area contributed by atoms with Gasteiger partial charge in [0, 0.05) is 0 Å². The van der Waals surface area contributed by atoms with E-state index in [0.29, 0.717) is 6.54 Å². The van der Waals surface area contributed by atoms with Crippen molar-refractivity contribution in [3.63, 3.8) is 0 Å². The van der Waals surface area contributed by atoms with Gasteiger partial charge in [-0.1, -0.05) is 48.0 Å². The molecule has 2 aromatic carbocycles. The Hall–Kier alpha value is -1.84. The third kappa shape index (κ3) is 7.14. The minimum absolute atomic E-state index is 0.194. The van der Waals surface area contributed by atoms with E-state index in [0.717, 1.165) is 28.6 Å². The molecule has 0 saturated heterocycles. The van der Waals surface area contributed by atoms with Crippen molar-refractivity contribution in [3.8, 4) is 0 Å². The van der Waals surface area contributed by atoms with Crippen LogP contribution in [0.1, 0.15) is 47.6 Å². The monoisotopic (exact) mass is 484 g/mol. The number of furan rings is 1. The van der Waals surface area contributed by atoms with Crippen LogP contribution in [0.4, 0.5) is 5.69 Å². The zero-order chi connectivity index (χ0) is 22.1. The van der Waals surface area contributed by atoms with Crippen LogP contribution in [-0.2, 0) is 19.7 Å². The van der Waals surface area contributed by atoms with Gasteiger partial charge in [0.15, 0.2) is 0 Å². The Morgan fingerprint density at radius 1 is 0.867 bits per heavy atom. The van der Waals surface area contributed by atoms with Crippen molar-refractivity contribution < 1.29 is 17.6 Å². The summed E-state index contributed by atoms with van der Waals surface area (Å²) >= 11 is 0.194. The van der Waals surface area contributed by atoms with Gasteiger partial charge in [-0.05, 0) is 63.4 Å². The molecule has 30 heavy (non-hydrogen) atoms. The van der Waals surface area contributed by atoms with Gasteiger partial charge < -0.3 is 4.42 Å². The predicted octanol–water partition coefficient (Wildman–Crippen LogP) is 7.73. The van der Waals surface area contributed by atoms with Gasteiger partial charge >= 0.3 is 33.3 Å². The van der Waals surface area contributed by atoms with E-state index >= 15 is 0 Å². The fraction of sp³-hybridized carbons (Fsp3) is 0.250. The number of aliphatic imine (C=N–C) groups is 2. The molecular weight excluding hydrogens is 459 g/mol. The van der Waals surface area contributed by atoms with E-state index in [1.54, 1.807) is 0 Å². The van der Waals surface area contributed by atoms with Gasteiger partial charge in [0.2, 0.25) is 0 Å². The van der Waals surface area contributed by atoms with Crippen molar-refractivity contribution in [2.75, 3.05) is 0 Å². The van der Waals surface area contributed by atoms with Crippen molar-refractivity contribution in [2.24, 2.45) is 9.98 Å². The van der Waals surface area contributed by atoms with Gasteiger partial charge in [0.25, 0.3) is 0 Å². The molecule has 0 amide bonds. The second kappa shape index (κ2) is 12.1. The van der Waals surface area contributed by atoms with Gasteiger partial charge in [-0.25, -0.2) is 4.99 Å². The molecule has 0 unspecified atom stereocenters. The summed E-state index contributed by atoms with van der Waals surface area (Å²) in [5.74, 6) is 1.56. The fourth-order valence-electron chi connectivity index (χ4n) is 3.17. The van der Waals surface area contributed by atoms with E-state index in [1.165, 1.54) is 22.3 Å². The molecule has 0 aliphatic carbocycles. The van der Waals surface area contributed by atoms with E-state index in [4.69, 9.17) is 29.6 Å². The number of hydrogen-bond acceptors (Lipinski definition) is 3. The Morgan fingerprint density at radius 2 is 1.40 bits per heavy atom. The predicted molar refractivity (Wildman–Crippen MR) is 125 cm³/mol. The molecule has 0 fully saturated rings. The summed E-state index contributed by atoms with van der Waals surface area (Å²) in [5, 5.41) is 0. The van der Waals surface area contributed by atoms with Crippen LogP contribution in [0.2, 0.25) is 0 Å². The molecule has 0 N–H and O–H groups in total. The van der Waals surface area contributed by atoms with Crippen LogP contribution < -0.4 is 0 Å². The topological polar surface area (TPSA) is 37.9 Å². The Balaban J connectivity index is 0.00000101. The Morgan fingerprint density at radius 3 is 1.97 bits per heavy atom. The third-order valence-electron chi connectivity index (χ3n) is 4.58. The Labute approximate surface area is 193 Å². The maximum absolute atomic E-state index is 6.01. The van der Waals surface area contributed by atoms with Crippen molar-refractivity contribution in [2.45, 2.75) is 41.2 Å². The zero-order valence-corrected chi connectivity index (χ0v) is 20.4. The van der Waals surface area contributed by atoms with Gasteiger partial charge in [-0.15, -0.1) is 0 Å². The number of benzene rings is 2. The first kappa shape index (κ1) is 24.4. The molecular formula is C24H26Cl2FeN2O. The molecule has 0 spiro atoms. The van der Waals surface area contributed by atoms with E-state index in [1.807, 2.05) is 44.2 Å². The fourth-order valence-corrected chi connectivity index (χ4v) is 3.17. The van der Waals surface area contributed by atoms with E-state index in [-0.39, 0.29) is 13.1 Å². The number of halogens is 2. The van der Waals surface area contributed by atoms with Crippen molar-refractivity contribution in [1.29, 1.82) is 0 Å². The second-order valence-electron chi connectivity index (χ2n) is 7.05. The molecule has 0 aliphatic heterocycles. The number of rotatable bonds is 5. The number of aryl methyl sites for hydroxylation is 3. The number of nitrogens with zero attached hydrogens (tertiary/aromatic N) is 2. The van der Waals surface area contributed by atoms with Crippen LogP contribution in [0.3, 0.4) is 0 Å². The molecule has 0 aliphatic rings. The third-order valence-corrected chi connectivity index (χ3v) is 4.58. The molecule has 0 radical (unpaired) electrons.